The van der Waals surface area contributed by atoms with Crippen LogP contribution < -0.4 is 21.8 Å². The molecule has 3 amide bonds. The summed E-state index contributed by atoms with van der Waals surface area (Å²) in [5, 5.41) is 19.5. The topological polar surface area (TPSA) is 129 Å². The molecular weight excluding hydrogens is 442 g/mol. The van der Waals surface area contributed by atoms with Crippen molar-refractivity contribution in [1.29, 1.82) is 0 Å². The number of nitrogens with two attached hydrogens (primary N) is 1. The number of phenolic OH excluding ortho intramolecular Hbond substituents is 1. The van der Waals surface area contributed by atoms with E-state index in [-0.39, 0.29) is 11.8 Å². The second-order valence-electron chi connectivity index (χ2n) is 7.31. The molecule has 3 aromatic carbocycles. The molecule has 0 spiro atoms. The molecule has 3 rings (SSSR count). The fraction of sp³-hybridized carbons (Fsp3) is 0.125. The number of phenols is 1. The third-order valence-corrected chi connectivity index (χ3v) is 4.98. The van der Waals surface area contributed by atoms with Gasteiger partial charge in [0.1, 0.15) is 5.75 Å². The lowest BCUT2D eigenvalue weighted by Gasteiger charge is -2.11. The van der Waals surface area contributed by atoms with Crippen molar-refractivity contribution < 1.29 is 14.7 Å². The third-order valence-electron chi connectivity index (χ3n) is 4.73. The second kappa shape index (κ2) is 11.1. The minimum atomic E-state index is -0.781. The summed E-state index contributed by atoms with van der Waals surface area (Å²) >= 11 is 5.84. The Balaban J connectivity index is 1.51. The summed E-state index contributed by atoms with van der Waals surface area (Å²) in [6.45, 7) is 1.75. The van der Waals surface area contributed by atoms with Crippen LogP contribution in [-0.2, 0) is 11.2 Å². The SMILES string of the molecule is C/C(=N/NC(=O)[C@@H](N)Cc1ccc(O)cc1)c1ccc(NC(=O)Nc2ccc(Cl)cc2)cc1. The summed E-state index contributed by atoms with van der Waals surface area (Å²) < 4.78 is 0. The Hall–Kier alpha value is -3.88. The number of urea groups is 1. The monoisotopic (exact) mass is 465 g/mol. The lowest BCUT2D eigenvalue weighted by Crippen LogP contribution is -2.40. The van der Waals surface area contributed by atoms with E-state index in [4.69, 9.17) is 17.3 Å². The Morgan fingerprint density at radius 3 is 2.06 bits per heavy atom. The van der Waals surface area contributed by atoms with E-state index >= 15 is 0 Å². The van der Waals surface area contributed by atoms with Gasteiger partial charge >= 0.3 is 6.03 Å². The first-order chi connectivity index (χ1) is 15.8. The molecule has 0 fully saturated rings. The van der Waals surface area contributed by atoms with E-state index in [2.05, 4.69) is 21.2 Å². The van der Waals surface area contributed by atoms with Crippen LogP contribution in [0.2, 0.25) is 5.02 Å². The summed E-state index contributed by atoms with van der Waals surface area (Å²) in [5.41, 5.74) is 11.8. The molecule has 33 heavy (non-hydrogen) atoms. The number of anilines is 2. The number of carbonyl (C=O) groups excluding carboxylic acids is 2. The van der Waals surface area contributed by atoms with E-state index in [0.717, 1.165) is 11.1 Å². The third kappa shape index (κ3) is 7.34. The van der Waals surface area contributed by atoms with Crippen LogP contribution in [0.4, 0.5) is 16.2 Å². The Labute approximate surface area is 196 Å². The molecule has 0 aliphatic carbocycles. The predicted molar refractivity (Wildman–Crippen MR) is 131 cm³/mol. The quantitative estimate of drug-likeness (QED) is 0.265. The van der Waals surface area contributed by atoms with Crippen molar-refractivity contribution >= 4 is 40.6 Å². The van der Waals surface area contributed by atoms with E-state index in [1.807, 2.05) is 0 Å². The molecule has 170 valence electrons. The largest absolute Gasteiger partial charge is 0.508 e. The smallest absolute Gasteiger partial charge is 0.323 e. The van der Waals surface area contributed by atoms with Crippen molar-refractivity contribution in [3.8, 4) is 5.75 Å². The van der Waals surface area contributed by atoms with Gasteiger partial charge in [-0.2, -0.15) is 5.10 Å². The van der Waals surface area contributed by atoms with Crippen LogP contribution in [0.15, 0.2) is 77.9 Å². The first-order valence-electron chi connectivity index (χ1n) is 10.1. The van der Waals surface area contributed by atoms with E-state index in [1.54, 1.807) is 79.7 Å². The Morgan fingerprint density at radius 2 is 1.48 bits per heavy atom. The van der Waals surface area contributed by atoms with Crippen LogP contribution in [0, 0.1) is 0 Å². The summed E-state index contributed by atoms with van der Waals surface area (Å²) in [7, 11) is 0. The first kappa shape index (κ1) is 23.8. The first-order valence-corrected chi connectivity index (χ1v) is 10.5. The van der Waals surface area contributed by atoms with Crippen molar-refractivity contribution in [1.82, 2.24) is 5.43 Å². The van der Waals surface area contributed by atoms with E-state index in [1.165, 1.54) is 0 Å². The van der Waals surface area contributed by atoms with Gasteiger partial charge in [0, 0.05) is 16.4 Å². The van der Waals surface area contributed by atoms with E-state index in [9.17, 15) is 14.7 Å². The number of nitrogens with one attached hydrogen (secondary N) is 3. The summed E-state index contributed by atoms with van der Waals surface area (Å²) in [6, 6.07) is 19.1. The highest BCUT2D eigenvalue weighted by Crippen LogP contribution is 2.15. The number of amides is 3. The van der Waals surface area contributed by atoms with Crippen LogP contribution >= 0.6 is 11.6 Å². The van der Waals surface area contributed by atoms with Gasteiger partial charge in [0.15, 0.2) is 0 Å². The Kier molecular flexibility index (Phi) is 8.01. The van der Waals surface area contributed by atoms with Gasteiger partial charge in [-0.1, -0.05) is 35.9 Å². The molecule has 0 heterocycles. The van der Waals surface area contributed by atoms with Gasteiger partial charge < -0.3 is 21.5 Å². The van der Waals surface area contributed by atoms with Gasteiger partial charge in [-0.15, -0.1) is 0 Å². The van der Waals surface area contributed by atoms with Gasteiger partial charge in [0.25, 0.3) is 5.91 Å². The number of hydrazone groups is 1. The zero-order valence-corrected chi connectivity index (χ0v) is 18.6. The molecule has 6 N–H and O–H groups in total. The maximum absolute atomic E-state index is 12.2. The number of nitrogens with zero attached hydrogens (tertiary/aromatic N) is 1. The number of benzene rings is 3. The molecule has 3 aromatic rings. The molecule has 0 unspecified atom stereocenters. The molecule has 0 aliphatic rings. The van der Waals surface area contributed by atoms with Crippen LogP contribution in [0.25, 0.3) is 0 Å². The predicted octanol–water partition coefficient (Wildman–Crippen LogP) is 4.10. The van der Waals surface area contributed by atoms with E-state index in [0.29, 0.717) is 28.5 Å². The van der Waals surface area contributed by atoms with Gasteiger partial charge in [-0.25, -0.2) is 10.2 Å². The fourth-order valence-electron chi connectivity index (χ4n) is 2.89. The minimum absolute atomic E-state index is 0.153. The lowest BCUT2D eigenvalue weighted by atomic mass is 10.1. The molecule has 0 aliphatic heterocycles. The normalized spacial score (nSPS) is 12.0. The fourth-order valence-corrected chi connectivity index (χ4v) is 3.01. The molecule has 9 heteroatoms. The Bertz CT molecular complexity index is 1130. The van der Waals surface area contributed by atoms with Crippen molar-refractivity contribution in [2.75, 3.05) is 10.6 Å². The van der Waals surface area contributed by atoms with Gasteiger partial charge in [-0.3, -0.25) is 4.79 Å². The average Bonchev–Trinajstić information content (AvgIpc) is 2.80. The number of hydrogen-bond acceptors (Lipinski definition) is 5. The number of halogens is 1. The molecule has 0 bridgehead atoms. The maximum Gasteiger partial charge on any atom is 0.323 e. The van der Waals surface area contributed by atoms with Crippen molar-refractivity contribution in [2.24, 2.45) is 10.8 Å². The average molecular weight is 466 g/mol. The number of hydrogen-bond donors (Lipinski definition) is 5. The molecule has 1 atom stereocenters. The molecular formula is C24H24ClN5O3. The molecule has 0 saturated heterocycles. The number of carbonyl (C=O) groups is 2. The molecule has 0 saturated carbocycles. The molecule has 8 nitrogen and oxygen atoms in total. The number of rotatable bonds is 7. The highest BCUT2D eigenvalue weighted by Gasteiger charge is 2.14. The van der Waals surface area contributed by atoms with Gasteiger partial charge in [-0.05, 0) is 73.0 Å². The van der Waals surface area contributed by atoms with Gasteiger partial charge in [0.05, 0.1) is 11.8 Å². The molecule has 0 radical (unpaired) electrons. The van der Waals surface area contributed by atoms with Crippen molar-refractivity contribution in [3.63, 3.8) is 0 Å². The molecule has 0 aromatic heterocycles. The van der Waals surface area contributed by atoms with Crippen LogP contribution in [0.1, 0.15) is 18.1 Å². The lowest BCUT2D eigenvalue weighted by molar-refractivity contribution is -0.122. The summed E-state index contributed by atoms with van der Waals surface area (Å²) in [6.07, 6.45) is 0.319. The van der Waals surface area contributed by atoms with Crippen molar-refractivity contribution in [3.05, 3.63) is 88.9 Å². The summed E-state index contributed by atoms with van der Waals surface area (Å²) in [4.78, 5) is 24.4. The standard InChI is InChI=1S/C24H24ClN5O3/c1-15(29-30-23(32)22(26)14-16-2-12-21(31)13-3-16)17-4-8-19(9-5-17)27-24(33)28-20-10-6-18(25)7-11-20/h2-13,22,31H,14,26H2,1H3,(H,30,32)(H2,27,28,33)/b29-15-/t22-/m0/s1. The van der Waals surface area contributed by atoms with Crippen molar-refractivity contribution in [2.45, 2.75) is 19.4 Å². The van der Waals surface area contributed by atoms with Crippen LogP contribution in [0.3, 0.4) is 0 Å². The van der Waals surface area contributed by atoms with Crippen LogP contribution in [-0.4, -0.2) is 28.8 Å². The highest BCUT2D eigenvalue weighted by molar-refractivity contribution is 6.30. The zero-order valence-electron chi connectivity index (χ0n) is 17.9. The zero-order chi connectivity index (χ0) is 23.8. The Morgan fingerprint density at radius 1 is 0.939 bits per heavy atom. The van der Waals surface area contributed by atoms with Crippen LogP contribution in [0.5, 0.6) is 5.75 Å². The number of aromatic hydroxyl groups is 1. The minimum Gasteiger partial charge on any atom is -0.508 e. The highest BCUT2D eigenvalue weighted by atomic mass is 35.5. The summed E-state index contributed by atoms with van der Waals surface area (Å²) in [5.74, 6) is -0.264. The maximum atomic E-state index is 12.2. The second-order valence-corrected chi connectivity index (χ2v) is 7.75. The van der Waals surface area contributed by atoms with E-state index < -0.39 is 11.9 Å². The van der Waals surface area contributed by atoms with Gasteiger partial charge in [0.2, 0.25) is 0 Å².